The van der Waals surface area contributed by atoms with E-state index >= 15 is 0 Å². The molecule has 1 aromatic carbocycles. The summed E-state index contributed by atoms with van der Waals surface area (Å²) in [4.78, 5) is 0. The average Bonchev–Trinajstić information content (AvgIpc) is 2.29. The highest BCUT2D eigenvalue weighted by molar-refractivity contribution is 6.30. The van der Waals surface area contributed by atoms with Crippen molar-refractivity contribution >= 4 is 17.3 Å². The van der Waals surface area contributed by atoms with Crippen molar-refractivity contribution in [1.82, 2.24) is 5.32 Å². The summed E-state index contributed by atoms with van der Waals surface area (Å²) in [7, 11) is 1.73. The molecule has 2 unspecified atom stereocenters. The van der Waals surface area contributed by atoms with Gasteiger partial charge in [-0.15, -0.1) is 0 Å². The van der Waals surface area contributed by atoms with E-state index in [-0.39, 0.29) is 16.3 Å². The third-order valence-corrected chi connectivity index (χ3v) is 2.72. The van der Waals surface area contributed by atoms with Crippen LogP contribution in [0.3, 0.4) is 0 Å². The summed E-state index contributed by atoms with van der Waals surface area (Å²) in [6, 6.07) is 2.42. The quantitative estimate of drug-likeness (QED) is 0.599. The number of nitrogens with one attached hydrogen (secondary N) is 1. The molecule has 0 aliphatic carbocycles. The summed E-state index contributed by atoms with van der Waals surface area (Å²) in [5, 5.41) is 22.5. The number of nitrogen functional groups attached to an aromatic ring is 1. The summed E-state index contributed by atoms with van der Waals surface area (Å²) >= 11 is 5.67. The second-order valence-corrected chi connectivity index (χ2v) is 4.23. The first kappa shape index (κ1) is 14.2. The van der Waals surface area contributed by atoms with Crippen molar-refractivity contribution in [2.75, 3.05) is 19.3 Å². The molecule has 17 heavy (non-hydrogen) atoms. The molecular formula is C11H16ClFN2O2. The molecule has 0 bridgehead atoms. The molecule has 0 aromatic heterocycles. The van der Waals surface area contributed by atoms with E-state index in [1.165, 1.54) is 6.07 Å². The first-order valence-corrected chi connectivity index (χ1v) is 5.60. The Morgan fingerprint density at radius 1 is 1.47 bits per heavy atom. The number of halogens is 2. The SMILES string of the molecule is CNCCC(O)C(O)c1cc(Cl)cc(F)c1N. The van der Waals surface area contributed by atoms with Gasteiger partial charge in [-0.25, -0.2) is 4.39 Å². The van der Waals surface area contributed by atoms with Crippen molar-refractivity contribution in [2.24, 2.45) is 0 Å². The van der Waals surface area contributed by atoms with Crippen LogP contribution in [-0.2, 0) is 0 Å². The van der Waals surface area contributed by atoms with Crippen molar-refractivity contribution in [1.29, 1.82) is 0 Å². The monoisotopic (exact) mass is 262 g/mol. The van der Waals surface area contributed by atoms with E-state index in [2.05, 4.69) is 5.32 Å². The van der Waals surface area contributed by atoms with Gasteiger partial charge >= 0.3 is 0 Å². The molecule has 1 aromatic rings. The molecule has 2 atom stereocenters. The summed E-state index contributed by atoms with van der Waals surface area (Å²) in [5.41, 5.74) is 5.42. The smallest absolute Gasteiger partial charge is 0.147 e. The second-order valence-electron chi connectivity index (χ2n) is 3.79. The Labute approximate surface area is 104 Å². The molecular weight excluding hydrogens is 247 g/mol. The number of aliphatic hydroxyl groups is 2. The molecule has 0 heterocycles. The summed E-state index contributed by atoms with van der Waals surface area (Å²) in [6.07, 6.45) is -1.95. The largest absolute Gasteiger partial charge is 0.396 e. The van der Waals surface area contributed by atoms with E-state index in [0.717, 1.165) is 6.07 Å². The molecule has 5 N–H and O–H groups in total. The van der Waals surface area contributed by atoms with Crippen molar-refractivity contribution < 1.29 is 14.6 Å². The fourth-order valence-electron chi connectivity index (χ4n) is 1.51. The first-order valence-electron chi connectivity index (χ1n) is 5.22. The van der Waals surface area contributed by atoms with E-state index < -0.39 is 18.0 Å². The van der Waals surface area contributed by atoms with Crippen molar-refractivity contribution in [3.05, 3.63) is 28.5 Å². The molecule has 0 aliphatic heterocycles. The fraction of sp³-hybridized carbons (Fsp3) is 0.455. The highest BCUT2D eigenvalue weighted by atomic mass is 35.5. The van der Waals surface area contributed by atoms with Crippen LogP contribution in [0.4, 0.5) is 10.1 Å². The zero-order valence-corrected chi connectivity index (χ0v) is 10.2. The molecule has 4 nitrogen and oxygen atoms in total. The lowest BCUT2D eigenvalue weighted by Crippen LogP contribution is -2.24. The topological polar surface area (TPSA) is 78.5 Å². The van der Waals surface area contributed by atoms with Gasteiger partial charge in [-0.1, -0.05) is 11.6 Å². The van der Waals surface area contributed by atoms with Gasteiger partial charge < -0.3 is 21.3 Å². The maximum Gasteiger partial charge on any atom is 0.147 e. The standard InChI is InChI=1S/C11H16ClFN2O2/c1-15-3-2-9(16)11(17)7-4-6(12)5-8(13)10(7)14/h4-5,9,11,15-17H,2-3,14H2,1H3. The van der Waals surface area contributed by atoms with Crippen LogP contribution in [0, 0.1) is 5.82 Å². The van der Waals surface area contributed by atoms with Crippen LogP contribution in [0.1, 0.15) is 18.1 Å². The molecule has 0 saturated heterocycles. The lowest BCUT2D eigenvalue weighted by Gasteiger charge is -2.20. The van der Waals surface area contributed by atoms with E-state index in [4.69, 9.17) is 17.3 Å². The zero-order chi connectivity index (χ0) is 13.0. The van der Waals surface area contributed by atoms with Gasteiger partial charge in [0.2, 0.25) is 0 Å². The van der Waals surface area contributed by atoms with Crippen LogP contribution in [0.5, 0.6) is 0 Å². The number of hydrogen-bond donors (Lipinski definition) is 4. The fourth-order valence-corrected chi connectivity index (χ4v) is 1.72. The van der Waals surface area contributed by atoms with E-state index in [1.54, 1.807) is 7.05 Å². The van der Waals surface area contributed by atoms with Crippen LogP contribution >= 0.6 is 11.6 Å². The van der Waals surface area contributed by atoms with Crippen LogP contribution in [0.25, 0.3) is 0 Å². The summed E-state index contributed by atoms with van der Waals surface area (Å²) in [5.74, 6) is -0.702. The Morgan fingerprint density at radius 2 is 2.12 bits per heavy atom. The normalized spacial score (nSPS) is 14.6. The van der Waals surface area contributed by atoms with Gasteiger partial charge in [0.25, 0.3) is 0 Å². The third-order valence-electron chi connectivity index (χ3n) is 2.50. The lowest BCUT2D eigenvalue weighted by atomic mass is 10.0. The number of hydrogen-bond acceptors (Lipinski definition) is 4. The molecule has 0 spiro atoms. The molecule has 0 aliphatic rings. The predicted molar refractivity (Wildman–Crippen MR) is 65.3 cm³/mol. The number of nitrogens with two attached hydrogens (primary N) is 1. The van der Waals surface area contributed by atoms with Gasteiger partial charge in [0, 0.05) is 10.6 Å². The molecule has 1 rings (SSSR count). The Hall–Kier alpha value is -0.880. The molecule has 96 valence electrons. The molecule has 0 saturated carbocycles. The number of aliphatic hydroxyl groups excluding tert-OH is 2. The maximum atomic E-state index is 13.3. The van der Waals surface area contributed by atoms with Crippen molar-refractivity contribution in [3.8, 4) is 0 Å². The zero-order valence-electron chi connectivity index (χ0n) is 9.45. The van der Waals surface area contributed by atoms with Gasteiger partial charge in [-0.3, -0.25) is 0 Å². The number of anilines is 1. The molecule has 0 radical (unpaired) electrons. The van der Waals surface area contributed by atoms with Gasteiger partial charge in [0.05, 0.1) is 11.8 Å². The number of benzene rings is 1. The molecule has 6 heteroatoms. The molecule has 0 amide bonds. The van der Waals surface area contributed by atoms with Crippen LogP contribution < -0.4 is 11.1 Å². The van der Waals surface area contributed by atoms with E-state index in [1.807, 2.05) is 0 Å². The molecule has 0 fully saturated rings. The minimum absolute atomic E-state index is 0.110. The van der Waals surface area contributed by atoms with Gasteiger partial charge in [-0.2, -0.15) is 0 Å². The van der Waals surface area contributed by atoms with Crippen molar-refractivity contribution in [3.63, 3.8) is 0 Å². The Bertz CT molecular complexity index is 390. The predicted octanol–water partition coefficient (Wildman–Crippen LogP) is 1.07. The second kappa shape index (κ2) is 6.16. The average molecular weight is 263 g/mol. The third kappa shape index (κ3) is 3.54. The Kier molecular flexibility index (Phi) is 5.14. The first-order chi connectivity index (χ1) is 7.97. The van der Waals surface area contributed by atoms with E-state index in [0.29, 0.717) is 13.0 Å². The summed E-state index contributed by atoms with van der Waals surface area (Å²) < 4.78 is 13.3. The van der Waals surface area contributed by atoms with Crippen LogP contribution in [-0.4, -0.2) is 29.9 Å². The Balaban J connectivity index is 2.91. The van der Waals surface area contributed by atoms with Gasteiger partial charge in [0.15, 0.2) is 0 Å². The minimum atomic E-state index is -1.25. The lowest BCUT2D eigenvalue weighted by molar-refractivity contribution is 0.0143. The minimum Gasteiger partial charge on any atom is -0.396 e. The number of rotatable bonds is 5. The van der Waals surface area contributed by atoms with Crippen LogP contribution in [0.2, 0.25) is 5.02 Å². The van der Waals surface area contributed by atoms with Crippen molar-refractivity contribution in [2.45, 2.75) is 18.6 Å². The maximum absolute atomic E-state index is 13.3. The Morgan fingerprint density at radius 3 is 2.71 bits per heavy atom. The highest BCUT2D eigenvalue weighted by Gasteiger charge is 2.22. The summed E-state index contributed by atoms with van der Waals surface area (Å²) in [6.45, 7) is 0.529. The van der Waals surface area contributed by atoms with Crippen LogP contribution in [0.15, 0.2) is 12.1 Å². The van der Waals surface area contributed by atoms with Gasteiger partial charge in [0.1, 0.15) is 11.9 Å². The van der Waals surface area contributed by atoms with Gasteiger partial charge in [-0.05, 0) is 32.1 Å². The van der Waals surface area contributed by atoms with E-state index in [9.17, 15) is 14.6 Å². The highest BCUT2D eigenvalue weighted by Crippen LogP contribution is 2.29.